The zero-order valence-corrected chi connectivity index (χ0v) is 6.20. The fraction of sp³-hybridized carbons (Fsp3) is 0.700. The molecule has 0 radical (unpaired) electrons. The van der Waals surface area contributed by atoms with Crippen LogP contribution in [-0.4, -0.2) is 0 Å². The second kappa shape index (κ2) is 1.16. The maximum Gasteiger partial charge on any atom is 0.0947 e. The number of hydrogen-bond acceptors (Lipinski definition) is 1. The van der Waals surface area contributed by atoms with Crippen molar-refractivity contribution in [3.63, 3.8) is 0 Å². The Hall–Kier alpha value is -0.770. The molecule has 0 aromatic heterocycles. The van der Waals surface area contributed by atoms with Gasteiger partial charge >= 0.3 is 0 Å². The van der Waals surface area contributed by atoms with Crippen LogP contribution < -0.4 is 0 Å². The van der Waals surface area contributed by atoms with E-state index in [-0.39, 0.29) is 0 Å². The van der Waals surface area contributed by atoms with Gasteiger partial charge in [-0.3, -0.25) is 0 Å². The van der Waals surface area contributed by atoms with Crippen LogP contribution in [-0.2, 0) is 0 Å². The van der Waals surface area contributed by atoms with Gasteiger partial charge in [0.2, 0.25) is 0 Å². The van der Waals surface area contributed by atoms with Crippen LogP contribution in [0, 0.1) is 46.8 Å². The molecule has 5 aliphatic rings. The molecule has 1 heteroatoms. The van der Waals surface area contributed by atoms with Crippen molar-refractivity contribution in [3.05, 3.63) is 11.6 Å². The Morgan fingerprint density at radius 2 is 2.27 bits per heavy atom. The van der Waals surface area contributed by atoms with Crippen LogP contribution in [0.15, 0.2) is 11.6 Å². The van der Waals surface area contributed by atoms with Gasteiger partial charge in [-0.1, -0.05) is 6.08 Å². The van der Waals surface area contributed by atoms with Gasteiger partial charge in [-0.25, -0.2) is 0 Å². The highest BCUT2D eigenvalue weighted by molar-refractivity contribution is 5.43. The van der Waals surface area contributed by atoms with E-state index in [0.717, 1.165) is 41.1 Å². The van der Waals surface area contributed by atoms with Crippen molar-refractivity contribution in [2.24, 2.45) is 35.5 Å². The molecule has 6 bridgehead atoms. The second-order valence-corrected chi connectivity index (χ2v) is 4.56. The van der Waals surface area contributed by atoms with Crippen LogP contribution in [0.1, 0.15) is 6.42 Å². The van der Waals surface area contributed by atoms with E-state index in [1.807, 2.05) is 0 Å². The predicted molar refractivity (Wildman–Crippen MR) is 39.3 cm³/mol. The molecular formula is C10H9N. The molecule has 0 aliphatic heterocycles. The molecule has 5 aliphatic carbocycles. The lowest BCUT2D eigenvalue weighted by molar-refractivity contribution is 0.465. The average molecular weight is 143 g/mol. The predicted octanol–water partition coefficient (Wildman–Crippen LogP) is 1.58. The first-order chi connectivity index (χ1) is 5.42. The number of nitrogens with zero attached hydrogens (tertiary/aromatic N) is 1. The van der Waals surface area contributed by atoms with Crippen molar-refractivity contribution in [2.75, 3.05) is 0 Å². The Bertz CT molecular complexity index is 322. The molecule has 6 unspecified atom stereocenters. The summed E-state index contributed by atoms with van der Waals surface area (Å²) in [6.07, 6.45) is 3.73. The summed E-state index contributed by atoms with van der Waals surface area (Å²) in [5.41, 5.74) is 1.14. The minimum Gasteiger partial charge on any atom is -0.193 e. The molecule has 11 heavy (non-hydrogen) atoms. The molecule has 0 aromatic carbocycles. The molecule has 0 saturated heterocycles. The van der Waals surface area contributed by atoms with Gasteiger partial charge in [0.25, 0.3) is 0 Å². The third kappa shape index (κ3) is 0.314. The minimum absolute atomic E-state index is 0.736. The summed E-state index contributed by atoms with van der Waals surface area (Å²) < 4.78 is 0. The van der Waals surface area contributed by atoms with Crippen molar-refractivity contribution in [2.45, 2.75) is 6.42 Å². The molecule has 0 aromatic rings. The lowest BCUT2D eigenvalue weighted by Gasteiger charge is -2.06. The van der Waals surface area contributed by atoms with E-state index in [2.05, 4.69) is 12.1 Å². The second-order valence-electron chi connectivity index (χ2n) is 4.56. The monoisotopic (exact) mass is 143 g/mol. The van der Waals surface area contributed by atoms with Crippen molar-refractivity contribution >= 4 is 0 Å². The van der Waals surface area contributed by atoms with Gasteiger partial charge in [0.1, 0.15) is 0 Å². The molecule has 4 saturated carbocycles. The van der Waals surface area contributed by atoms with E-state index in [1.54, 1.807) is 0 Å². The van der Waals surface area contributed by atoms with Gasteiger partial charge in [-0.2, -0.15) is 5.26 Å². The first kappa shape index (κ1) is 4.98. The summed E-state index contributed by atoms with van der Waals surface area (Å²) in [5.74, 6) is 5.58. The normalized spacial score (nSPS) is 66.3. The van der Waals surface area contributed by atoms with E-state index in [0.29, 0.717) is 0 Å². The van der Waals surface area contributed by atoms with Gasteiger partial charge < -0.3 is 0 Å². The minimum atomic E-state index is 0.736. The Kier molecular flexibility index (Phi) is 0.524. The smallest absolute Gasteiger partial charge is 0.0947 e. The Labute approximate surface area is 65.7 Å². The fourth-order valence-electron chi connectivity index (χ4n) is 4.32. The molecule has 0 heterocycles. The average Bonchev–Trinajstić information content (AvgIpc) is 2.41. The van der Waals surface area contributed by atoms with E-state index in [4.69, 9.17) is 5.26 Å². The summed E-state index contributed by atoms with van der Waals surface area (Å²) >= 11 is 0. The lowest BCUT2D eigenvalue weighted by Crippen LogP contribution is -2.03. The fourth-order valence-corrected chi connectivity index (χ4v) is 4.32. The maximum absolute atomic E-state index is 8.84. The highest BCUT2D eigenvalue weighted by atomic mass is 14.8. The van der Waals surface area contributed by atoms with Gasteiger partial charge in [-0.05, 0) is 36.0 Å². The van der Waals surface area contributed by atoms with Crippen LogP contribution in [0.2, 0.25) is 0 Å². The van der Waals surface area contributed by atoms with Crippen molar-refractivity contribution in [3.8, 4) is 6.07 Å². The van der Waals surface area contributed by atoms with Crippen LogP contribution in [0.5, 0.6) is 0 Å². The Morgan fingerprint density at radius 1 is 1.36 bits per heavy atom. The molecule has 0 N–H and O–H groups in total. The van der Waals surface area contributed by atoms with Crippen molar-refractivity contribution < 1.29 is 0 Å². The highest BCUT2D eigenvalue weighted by Crippen LogP contribution is 2.80. The van der Waals surface area contributed by atoms with E-state index < -0.39 is 0 Å². The van der Waals surface area contributed by atoms with Crippen molar-refractivity contribution in [1.82, 2.24) is 0 Å². The molecule has 4 fully saturated rings. The van der Waals surface area contributed by atoms with Crippen LogP contribution in [0.4, 0.5) is 0 Å². The van der Waals surface area contributed by atoms with Crippen LogP contribution in [0.25, 0.3) is 0 Å². The zero-order valence-electron chi connectivity index (χ0n) is 6.20. The summed E-state index contributed by atoms with van der Waals surface area (Å²) in [4.78, 5) is 0. The van der Waals surface area contributed by atoms with Crippen molar-refractivity contribution in [1.29, 1.82) is 5.26 Å². The quantitative estimate of drug-likeness (QED) is 0.505. The molecule has 1 nitrogen and oxygen atoms in total. The first-order valence-corrected chi connectivity index (χ1v) is 4.53. The first-order valence-electron chi connectivity index (χ1n) is 4.53. The molecule has 0 amide bonds. The molecule has 0 spiro atoms. The number of allylic oxidation sites excluding steroid dienone is 2. The Morgan fingerprint density at radius 3 is 2.82 bits per heavy atom. The van der Waals surface area contributed by atoms with E-state index in [9.17, 15) is 0 Å². The van der Waals surface area contributed by atoms with Gasteiger partial charge in [0, 0.05) is 11.5 Å². The summed E-state index contributed by atoms with van der Waals surface area (Å²) in [7, 11) is 0. The maximum atomic E-state index is 8.84. The molecule has 5 rings (SSSR count). The highest BCUT2D eigenvalue weighted by Gasteiger charge is 2.75. The van der Waals surface area contributed by atoms with Gasteiger partial charge in [0.15, 0.2) is 0 Å². The lowest BCUT2D eigenvalue weighted by atomic mass is 9.95. The topological polar surface area (TPSA) is 23.8 Å². The SMILES string of the molecule is N#CC1=CC2C3CC4C2C4C13. The number of rotatable bonds is 0. The van der Waals surface area contributed by atoms with Gasteiger partial charge in [-0.15, -0.1) is 0 Å². The number of nitriles is 1. The zero-order chi connectivity index (χ0) is 7.16. The van der Waals surface area contributed by atoms with Crippen LogP contribution in [0.3, 0.4) is 0 Å². The molecule has 6 atom stereocenters. The van der Waals surface area contributed by atoms with Gasteiger partial charge in [0.05, 0.1) is 6.07 Å². The summed E-state index contributed by atoms with van der Waals surface area (Å²) in [5, 5.41) is 8.84. The Balaban J connectivity index is 1.95. The van der Waals surface area contributed by atoms with E-state index in [1.165, 1.54) is 6.42 Å². The summed E-state index contributed by atoms with van der Waals surface area (Å²) in [6, 6.07) is 2.37. The summed E-state index contributed by atoms with van der Waals surface area (Å²) in [6.45, 7) is 0. The molecule has 54 valence electrons. The third-order valence-electron chi connectivity index (χ3n) is 4.51. The molecular weight excluding hydrogens is 134 g/mol. The van der Waals surface area contributed by atoms with E-state index >= 15 is 0 Å². The third-order valence-corrected chi connectivity index (χ3v) is 4.51. The number of hydrogen-bond donors (Lipinski definition) is 0. The van der Waals surface area contributed by atoms with Crippen LogP contribution >= 0.6 is 0 Å². The standard InChI is InChI=1S/C10H9N/c11-3-4-1-5-6-2-7-9(5)10(7)8(4)6/h1,5-10H,2H2. The largest absolute Gasteiger partial charge is 0.193 e.